The molecule has 3 amide bonds. The second-order valence-electron chi connectivity index (χ2n) is 7.84. The average molecular weight is 358 g/mol. The predicted molar refractivity (Wildman–Crippen MR) is 101 cm³/mol. The minimum atomic E-state index is -0.102. The van der Waals surface area contributed by atoms with Crippen molar-refractivity contribution in [2.24, 2.45) is 5.92 Å². The summed E-state index contributed by atoms with van der Waals surface area (Å²) in [4.78, 5) is 32.8. The Bertz CT molecular complexity index is 670. The summed E-state index contributed by atoms with van der Waals surface area (Å²) in [5.74, 6) is 0.499. The number of nitrogens with zero attached hydrogens (tertiary/aromatic N) is 3. The molecule has 6 nitrogen and oxygen atoms in total. The first-order valence-electron chi connectivity index (χ1n) is 9.64. The molecule has 0 bridgehead atoms. The zero-order valence-corrected chi connectivity index (χ0v) is 16.1. The van der Waals surface area contributed by atoms with Crippen LogP contribution < -0.4 is 5.32 Å². The second-order valence-corrected chi connectivity index (χ2v) is 7.84. The van der Waals surface area contributed by atoms with Gasteiger partial charge in [0.2, 0.25) is 5.91 Å². The third kappa shape index (κ3) is 4.34. The van der Waals surface area contributed by atoms with Gasteiger partial charge in [-0.2, -0.15) is 0 Å². The van der Waals surface area contributed by atoms with Crippen molar-refractivity contribution in [2.75, 3.05) is 20.1 Å². The quantitative estimate of drug-likeness (QED) is 0.880. The van der Waals surface area contributed by atoms with Crippen LogP contribution in [0.2, 0.25) is 0 Å². The van der Waals surface area contributed by atoms with Crippen LogP contribution in [0.15, 0.2) is 12.3 Å². The molecule has 0 spiro atoms. The van der Waals surface area contributed by atoms with Gasteiger partial charge in [-0.05, 0) is 37.8 Å². The average Bonchev–Trinajstić information content (AvgIpc) is 3.25. The van der Waals surface area contributed by atoms with Crippen LogP contribution in [-0.2, 0) is 11.3 Å². The van der Waals surface area contributed by atoms with Crippen LogP contribution in [0.25, 0.3) is 0 Å². The van der Waals surface area contributed by atoms with Gasteiger partial charge < -0.3 is 15.1 Å². The van der Waals surface area contributed by atoms with Crippen LogP contribution in [0.3, 0.4) is 0 Å². The molecule has 1 aromatic rings. The minimum absolute atomic E-state index is 0.102. The first-order chi connectivity index (χ1) is 12.4. The second kappa shape index (κ2) is 8.06. The minimum Gasteiger partial charge on any atom is -0.339 e. The number of amides is 3. The number of hydrogen-bond acceptors (Lipinski definition) is 3. The van der Waals surface area contributed by atoms with Crippen LogP contribution in [0.5, 0.6) is 0 Å². The third-order valence-corrected chi connectivity index (χ3v) is 5.72. The number of rotatable bonds is 5. The Morgan fingerprint density at radius 2 is 2.08 bits per heavy atom. The van der Waals surface area contributed by atoms with Crippen molar-refractivity contribution in [3.8, 4) is 0 Å². The number of pyridine rings is 1. The molecule has 1 aromatic heterocycles. The smallest absolute Gasteiger partial charge is 0.317 e. The molecule has 1 saturated carbocycles. The maximum atomic E-state index is 12.4. The van der Waals surface area contributed by atoms with Gasteiger partial charge in [0.1, 0.15) is 0 Å². The Hall–Kier alpha value is -2.11. The van der Waals surface area contributed by atoms with E-state index in [9.17, 15) is 9.59 Å². The van der Waals surface area contributed by atoms with Gasteiger partial charge in [0, 0.05) is 57.0 Å². The molecule has 1 atom stereocenters. The summed E-state index contributed by atoms with van der Waals surface area (Å²) in [6, 6.07) is 2.39. The van der Waals surface area contributed by atoms with Gasteiger partial charge >= 0.3 is 6.03 Å². The number of aryl methyl sites for hydroxylation is 2. The molecule has 2 heterocycles. The van der Waals surface area contributed by atoms with E-state index in [0.29, 0.717) is 25.6 Å². The molecule has 1 saturated heterocycles. The van der Waals surface area contributed by atoms with Crippen molar-refractivity contribution in [3.05, 3.63) is 29.1 Å². The largest absolute Gasteiger partial charge is 0.339 e. The zero-order chi connectivity index (χ0) is 18.7. The van der Waals surface area contributed by atoms with Crippen molar-refractivity contribution < 1.29 is 9.59 Å². The van der Waals surface area contributed by atoms with Crippen molar-refractivity contribution >= 4 is 11.9 Å². The molecular weight excluding hydrogens is 328 g/mol. The Balaban J connectivity index is 1.46. The van der Waals surface area contributed by atoms with Crippen molar-refractivity contribution in [3.63, 3.8) is 0 Å². The molecule has 6 heteroatoms. The Morgan fingerprint density at radius 3 is 2.77 bits per heavy atom. The first-order valence-corrected chi connectivity index (χ1v) is 9.64. The van der Waals surface area contributed by atoms with E-state index in [-0.39, 0.29) is 17.9 Å². The molecule has 26 heavy (non-hydrogen) atoms. The number of carbonyl (C=O) groups is 2. The predicted octanol–water partition coefficient (Wildman–Crippen LogP) is 2.63. The van der Waals surface area contributed by atoms with Crippen LogP contribution in [0, 0.1) is 19.8 Å². The van der Waals surface area contributed by atoms with Crippen LogP contribution in [0.1, 0.15) is 48.9 Å². The SMILES string of the molecule is Cc1cc(CNC(=O)N(C)C[C@@H]2CC(=O)N(C3CCCC3)C2)cnc1C. The molecular formula is C20H30N4O2. The first kappa shape index (κ1) is 18.7. The fourth-order valence-electron chi connectivity index (χ4n) is 4.08. The number of aromatic nitrogens is 1. The van der Waals surface area contributed by atoms with Crippen LogP contribution in [0.4, 0.5) is 4.79 Å². The van der Waals surface area contributed by atoms with E-state index in [1.54, 1.807) is 18.1 Å². The number of likely N-dealkylation sites (tertiary alicyclic amines) is 1. The summed E-state index contributed by atoms with van der Waals surface area (Å²) in [7, 11) is 1.80. The normalized spacial score (nSPS) is 20.7. The van der Waals surface area contributed by atoms with Gasteiger partial charge in [0.25, 0.3) is 0 Å². The van der Waals surface area contributed by atoms with Crippen LogP contribution in [-0.4, -0.2) is 52.9 Å². The van der Waals surface area contributed by atoms with Gasteiger partial charge in [-0.3, -0.25) is 9.78 Å². The molecule has 2 fully saturated rings. The number of hydrogen-bond donors (Lipinski definition) is 1. The highest BCUT2D eigenvalue weighted by atomic mass is 16.2. The fraction of sp³-hybridized carbons (Fsp3) is 0.650. The Kier molecular flexibility index (Phi) is 5.79. The lowest BCUT2D eigenvalue weighted by Gasteiger charge is -2.25. The van der Waals surface area contributed by atoms with Gasteiger partial charge in [-0.1, -0.05) is 18.9 Å². The van der Waals surface area contributed by atoms with Crippen molar-refractivity contribution in [1.82, 2.24) is 20.1 Å². The lowest BCUT2D eigenvalue weighted by molar-refractivity contribution is -0.129. The van der Waals surface area contributed by atoms with Gasteiger partial charge in [0.05, 0.1) is 0 Å². The topological polar surface area (TPSA) is 65.5 Å². The van der Waals surface area contributed by atoms with E-state index >= 15 is 0 Å². The zero-order valence-electron chi connectivity index (χ0n) is 16.1. The summed E-state index contributed by atoms with van der Waals surface area (Å²) in [5, 5.41) is 2.95. The van der Waals surface area contributed by atoms with E-state index < -0.39 is 0 Å². The maximum absolute atomic E-state index is 12.4. The standard InChI is InChI=1S/C20H30N4O2/c1-14-8-16(10-21-15(14)2)11-22-20(26)23(3)12-17-9-19(25)24(13-17)18-6-4-5-7-18/h8,10,17-18H,4-7,9,11-13H2,1-3H3,(H,22,26)/t17-/m0/s1. The van der Waals surface area contributed by atoms with E-state index in [4.69, 9.17) is 0 Å². The summed E-state index contributed by atoms with van der Waals surface area (Å²) >= 11 is 0. The summed E-state index contributed by atoms with van der Waals surface area (Å²) < 4.78 is 0. The number of carbonyl (C=O) groups excluding carboxylic acids is 2. The van der Waals surface area contributed by atoms with Crippen LogP contribution >= 0.6 is 0 Å². The van der Waals surface area contributed by atoms with E-state index in [1.165, 1.54) is 12.8 Å². The lowest BCUT2D eigenvalue weighted by atomic mass is 10.1. The molecule has 0 aromatic carbocycles. The molecule has 1 aliphatic carbocycles. The summed E-state index contributed by atoms with van der Waals surface area (Å²) in [6.07, 6.45) is 7.11. The molecule has 3 rings (SSSR count). The van der Waals surface area contributed by atoms with Crippen molar-refractivity contribution in [1.29, 1.82) is 0 Å². The van der Waals surface area contributed by atoms with E-state index in [2.05, 4.69) is 21.3 Å². The lowest BCUT2D eigenvalue weighted by Crippen LogP contribution is -2.40. The molecule has 2 aliphatic rings. The summed E-state index contributed by atoms with van der Waals surface area (Å²) in [6.45, 7) is 5.87. The van der Waals surface area contributed by atoms with Gasteiger partial charge in [0.15, 0.2) is 0 Å². The highest BCUT2D eigenvalue weighted by molar-refractivity contribution is 5.79. The monoisotopic (exact) mass is 358 g/mol. The van der Waals surface area contributed by atoms with Crippen molar-refractivity contribution in [2.45, 2.75) is 58.5 Å². The molecule has 0 radical (unpaired) electrons. The van der Waals surface area contributed by atoms with Gasteiger partial charge in [-0.25, -0.2) is 4.79 Å². The maximum Gasteiger partial charge on any atom is 0.317 e. The Morgan fingerprint density at radius 1 is 1.35 bits per heavy atom. The molecule has 1 aliphatic heterocycles. The number of nitrogens with one attached hydrogen (secondary N) is 1. The number of urea groups is 1. The molecule has 0 unspecified atom stereocenters. The molecule has 1 N–H and O–H groups in total. The summed E-state index contributed by atoms with van der Waals surface area (Å²) in [5.41, 5.74) is 3.13. The van der Waals surface area contributed by atoms with Gasteiger partial charge in [-0.15, -0.1) is 0 Å². The Labute approximate surface area is 156 Å². The highest BCUT2D eigenvalue weighted by Gasteiger charge is 2.36. The molecule has 142 valence electrons. The van der Waals surface area contributed by atoms with E-state index in [1.807, 2.05) is 13.8 Å². The van der Waals surface area contributed by atoms with E-state index in [0.717, 1.165) is 36.2 Å². The highest BCUT2D eigenvalue weighted by Crippen LogP contribution is 2.29. The third-order valence-electron chi connectivity index (χ3n) is 5.72. The fourth-order valence-corrected chi connectivity index (χ4v) is 4.08.